The summed E-state index contributed by atoms with van der Waals surface area (Å²) >= 11 is 6.36. The van der Waals surface area contributed by atoms with E-state index in [1.54, 1.807) is 24.3 Å². The van der Waals surface area contributed by atoms with Crippen molar-refractivity contribution in [2.24, 2.45) is 0 Å². The van der Waals surface area contributed by atoms with Gasteiger partial charge in [0.15, 0.2) is 4.32 Å². The van der Waals surface area contributed by atoms with Gasteiger partial charge in [0, 0.05) is 6.07 Å². The van der Waals surface area contributed by atoms with Crippen LogP contribution < -0.4 is 9.64 Å². The Morgan fingerprint density at radius 2 is 1.78 bits per heavy atom. The Hall–Kier alpha value is -4.62. The highest BCUT2D eigenvalue weighted by atomic mass is 32.2. The number of amides is 1. The van der Waals surface area contributed by atoms with Crippen molar-refractivity contribution in [1.29, 1.82) is 0 Å². The van der Waals surface area contributed by atoms with Crippen LogP contribution in [-0.2, 0) is 4.79 Å². The summed E-state index contributed by atoms with van der Waals surface area (Å²) < 4.78 is 5.83. The molecule has 0 saturated carbocycles. The summed E-state index contributed by atoms with van der Waals surface area (Å²) in [5.41, 5.74) is -0.159. The minimum absolute atomic E-state index is 0.00992. The second-order valence-corrected chi connectivity index (χ2v) is 8.89. The lowest BCUT2D eigenvalue weighted by atomic mass is 10.1. The number of thiocarbonyl (C=S) groups is 1. The summed E-state index contributed by atoms with van der Waals surface area (Å²) in [7, 11) is 0. The van der Waals surface area contributed by atoms with E-state index in [-0.39, 0.29) is 26.3 Å². The molecule has 1 aliphatic heterocycles. The summed E-state index contributed by atoms with van der Waals surface area (Å²) in [6.07, 6.45) is 1.55. The number of carboxylic acids is 1. The molecule has 11 nitrogen and oxygen atoms in total. The Morgan fingerprint density at radius 3 is 2.47 bits per heavy atom. The van der Waals surface area contributed by atoms with Crippen LogP contribution in [0.25, 0.3) is 6.08 Å². The number of carboxylic acid groups (broad SMARTS) is 1. The van der Waals surface area contributed by atoms with Gasteiger partial charge in [0.1, 0.15) is 5.75 Å². The van der Waals surface area contributed by atoms with Crippen LogP contribution >= 0.6 is 24.0 Å². The van der Waals surface area contributed by atoms with Gasteiger partial charge in [0.2, 0.25) is 5.75 Å². The van der Waals surface area contributed by atoms with Gasteiger partial charge in [0.05, 0.1) is 32.1 Å². The maximum Gasteiger partial charge on any atom is 0.335 e. The first kappa shape index (κ1) is 24.5. The molecule has 1 amide bonds. The van der Waals surface area contributed by atoms with E-state index in [1.807, 2.05) is 0 Å². The molecule has 13 heteroatoms. The number of hydrogen-bond acceptors (Lipinski definition) is 9. The molecule has 0 radical (unpaired) electrons. The lowest BCUT2D eigenvalue weighted by Crippen LogP contribution is -2.27. The minimum Gasteiger partial charge on any atom is -0.478 e. The molecule has 0 aliphatic carbocycles. The standard InChI is InChI=1S/C23H13N3O8S2/c27-21-20(36-23(35)24(21)15-5-2-4-14(11-15)22(28)29)10-13-3-1-6-17(9-13)34-19-8-7-16(25(30)31)12-18(19)26(32)33/h1-12H,(H,28,29)/b20-10+. The molecule has 180 valence electrons. The number of ether oxygens (including phenoxy) is 1. The maximum atomic E-state index is 13.0. The number of hydrogen-bond donors (Lipinski definition) is 1. The van der Waals surface area contributed by atoms with E-state index in [0.29, 0.717) is 11.3 Å². The molecule has 4 rings (SSSR count). The lowest BCUT2D eigenvalue weighted by Gasteiger charge is -2.14. The Balaban J connectivity index is 1.60. The second kappa shape index (κ2) is 9.93. The number of carbonyl (C=O) groups excluding carboxylic acids is 1. The van der Waals surface area contributed by atoms with Gasteiger partial charge in [-0.1, -0.05) is 42.2 Å². The van der Waals surface area contributed by atoms with Crippen molar-refractivity contribution in [3.05, 3.63) is 103 Å². The van der Waals surface area contributed by atoms with E-state index in [1.165, 1.54) is 35.2 Å². The van der Waals surface area contributed by atoms with Crippen molar-refractivity contribution in [2.45, 2.75) is 0 Å². The zero-order valence-corrected chi connectivity index (χ0v) is 19.5. The molecule has 0 aromatic heterocycles. The van der Waals surface area contributed by atoms with Crippen molar-refractivity contribution in [3.63, 3.8) is 0 Å². The second-order valence-electron chi connectivity index (χ2n) is 7.21. The normalized spacial score (nSPS) is 14.2. The number of nitrogens with zero attached hydrogens (tertiary/aromatic N) is 3. The first-order valence-electron chi connectivity index (χ1n) is 9.96. The summed E-state index contributed by atoms with van der Waals surface area (Å²) in [4.78, 5) is 46.6. The van der Waals surface area contributed by atoms with Gasteiger partial charge in [-0.3, -0.25) is 29.9 Å². The fourth-order valence-corrected chi connectivity index (χ4v) is 4.56. The topological polar surface area (TPSA) is 153 Å². The van der Waals surface area contributed by atoms with E-state index in [4.69, 9.17) is 17.0 Å². The van der Waals surface area contributed by atoms with Crippen LogP contribution in [0.1, 0.15) is 15.9 Å². The maximum absolute atomic E-state index is 13.0. The predicted molar refractivity (Wildman–Crippen MR) is 135 cm³/mol. The van der Waals surface area contributed by atoms with E-state index in [2.05, 4.69) is 0 Å². The highest BCUT2D eigenvalue weighted by Crippen LogP contribution is 2.38. The number of benzene rings is 3. The molecule has 1 saturated heterocycles. The SMILES string of the molecule is O=C(O)c1cccc(N2C(=O)/C(=C\c3cccc(Oc4ccc([N+](=O)[O-])cc4[N+](=O)[O-])c3)SC2=S)c1. The lowest BCUT2D eigenvalue weighted by molar-refractivity contribution is -0.394. The third-order valence-electron chi connectivity index (χ3n) is 4.88. The van der Waals surface area contributed by atoms with Crippen LogP contribution in [0.3, 0.4) is 0 Å². The van der Waals surface area contributed by atoms with Crippen molar-refractivity contribution < 1.29 is 29.3 Å². The number of anilines is 1. The van der Waals surface area contributed by atoms with Gasteiger partial charge in [-0.05, 0) is 48.0 Å². The third kappa shape index (κ3) is 5.06. The summed E-state index contributed by atoms with van der Waals surface area (Å²) in [6.45, 7) is 0. The van der Waals surface area contributed by atoms with Crippen LogP contribution in [0.15, 0.2) is 71.6 Å². The summed E-state index contributed by atoms with van der Waals surface area (Å²) in [5, 5.41) is 31.5. The average molecular weight is 524 g/mol. The Morgan fingerprint density at radius 1 is 1.03 bits per heavy atom. The fraction of sp³-hybridized carbons (Fsp3) is 0. The number of non-ortho nitro benzene ring substituents is 1. The summed E-state index contributed by atoms with van der Waals surface area (Å²) in [6, 6.07) is 15.2. The van der Waals surface area contributed by atoms with E-state index in [9.17, 15) is 34.9 Å². The van der Waals surface area contributed by atoms with Crippen molar-refractivity contribution in [2.75, 3.05) is 4.90 Å². The number of nitro groups is 2. The van der Waals surface area contributed by atoms with Gasteiger partial charge >= 0.3 is 11.7 Å². The fourth-order valence-electron chi connectivity index (χ4n) is 3.26. The molecular weight excluding hydrogens is 510 g/mol. The van der Waals surface area contributed by atoms with Gasteiger partial charge in [-0.15, -0.1) is 0 Å². The zero-order chi connectivity index (χ0) is 26.0. The molecule has 0 bridgehead atoms. The molecule has 1 fully saturated rings. The summed E-state index contributed by atoms with van der Waals surface area (Å²) in [5.74, 6) is -1.56. The van der Waals surface area contributed by atoms with Crippen LogP contribution in [0.4, 0.5) is 17.1 Å². The number of carbonyl (C=O) groups is 2. The molecule has 36 heavy (non-hydrogen) atoms. The molecule has 1 aliphatic rings. The zero-order valence-electron chi connectivity index (χ0n) is 17.9. The highest BCUT2D eigenvalue weighted by Gasteiger charge is 2.33. The van der Waals surface area contributed by atoms with Crippen LogP contribution in [0.2, 0.25) is 0 Å². The predicted octanol–water partition coefficient (Wildman–Crippen LogP) is 5.40. The molecule has 3 aromatic rings. The molecule has 0 atom stereocenters. The molecule has 0 spiro atoms. The van der Waals surface area contributed by atoms with E-state index >= 15 is 0 Å². The Bertz CT molecular complexity index is 1490. The van der Waals surface area contributed by atoms with Crippen molar-refractivity contribution in [3.8, 4) is 11.5 Å². The molecular formula is C23H13N3O8S2. The van der Waals surface area contributed by atoms with Gasteiger partial charge in [-0.25, -0.2) is 4.79 Å². The molecule has 0 unspecified atom stereocenters. The van der Waals surface area contributed by atoms with Gasteiger partial charge < -0.3 is 9.84 Å². The average Bonchev–Trinajstić information content (AvgIpc) is 3.11. The Kier molecular flexibility index (Phi) is 6.76. The van der Waals surface area contributed by atoms with E-state index < -0.39 is 33.1 Å². The van der Waals surface area contributed by atoms with Gasteiger partial charge in [-0.2, -0.15) is 0 Å². The Labute approximate surface area is 211 Å². The first-order chi connectivity index (χ1) is 17.1. The monoisotopic (exact) mass is 523 g/mol. The number of aromatic carboxylic acids is 1. The van der Waals surface area contributed by atoms with Crippen LogP contribution in [0.5, 0.6) is 11.5 Å². The number of nitro benzene ring substituents is 2. The van der Waals surface area contributed by atoms with Crippen molar-refractivity contribution in [1.82, 2.24) is 0 Å². The van der Waals surface area contributed by atoms with Crippen molar-refractivity contribution >= 4 is 63.3 Å². The quantitative estimate of drug-likeness (QED) is 0.184. The number of thioether (sulfide) groups is 1. The molecule has 1 heterocycles. The minimum atomic E-state index is -1.14. The highest BCUT2D eigenvalue weighted by molar-refractivity contribution is 8.27. The molecule has 3 aromatic carbocycles. The molecule has 1 N–H and O–H groups in total. The third-order valence-corrected chi connectivity index (χ3v) is 6.18. The largest absolute Gasteiger partial charge is 0.478 e. The number of rotatable bonds is 7. The van der Waals surface area contributed by atoms with Crippen LogP contribution in [-0.4, -0.2) is 31.2 Å². The smallest absolute Gasteiger partial charge is 0.335 e. The first-order valence-corrected chi connectivity index (χ1v) is 11.2. The van der Waals surface area contributed by atoms with E-state index in [0.717, 1.165) is 30.0 Å². The van der Waals surface area contributed by atoms with Gasteiger partial charge in [0.25, 0.3) is 11.6 Å². The van der Waals surface area contributed by atoms with Crippen LogP contribution in [0, 0.1) is 20.2 Å².